The molecule has 2 aliphatic heterocycles. The zero-order chi connectivity index (χ0) is 22.8. The van der Waals surface area contributed by atoms with Crippen LogP contribution in [0.2, 0.25) is 5.02 Å². The van der Waals surface area contributed by atoms with Crippen LogP contribution in [0.3, 0.4) is 0 Å². The van der Waals surface area contributed by atoms with E-state index in [0.29, 0.717) is 49.7 Å². The summed E-state index contributed by atoms with van der Waals surface area (Å²) in [6, 6.07) is 15.6. The van der Waals surface area contributed by atoms with Gasteiger partial charge in [0.1, 0.15) is 11.6 Å². The van der Waals surface area contributed by atoms with Crippen LogP contribution in [0, 0.1) is 6.92 Å². The minimum atomic E-state index is -0.0140. The summed E-state index contributed by atoms with van der Waals surface area (Å²) < 4.78 is 5.57. The van der Waals surface area contributed by atoms with Gasteiger partial charge in [-0.3, -0.25) is 4.79 Å². The van der Waals surface area contributed by atoms with Crippen molar-refractivity contribution < 1.29 is 9.53 Å². The van der Waals surface area contributed by atoms with Gasteiger partial charge in [-0.2, -0.15) is 0 Å². The number of amides is 1. The number of halogens is 1. The second-order valence-electron chi connectivity index (χ2n) is 8.64. The Morgan fingerprint density at radius 2 is 1.88 bits per heavy atom. The van der Waals surface area contributed by atoms with Crippen molar-refractivity contribution in [3.8, 4) is 0 Å². The highest BCUT2D eigenvalue weighted by atomic mass is 35.5. The van der Waals surface area contributed by atoms with Crippen molar-refractivity contribution in [1.82, 2.24) is 14.9 Å². The first-order chi connectivity index (χ1) is 16.1. The molecule has 3 heterocycles. The molecule has 3 aromatic rings. The summed E-state index contributed by atoms with van der Waals surface area (Å²) in [4.78, 5) is 27.3. The number of ether oxygens (including phenoxy) is 1. The summed E-state index contributed by atoms with van der Waals surface area (Å²) in [6.45, 7) is 6.15. The number of fused-ring (bicyclic) bond motifs is 1. The lowest BCUT2D eigenvalue weighted by Crippen LogP contribution is -2.41. The van der Waals surface area contributed by atoms with E-state index in [0.717, 1.165) is 36.0 Å². The van der Waals surface area contributed by atoms with E-state index in [-0.39, 0.29) is 5.91 Å². The number of aromatic nitrogens is 2. The number of morpholine rings is 1. The van der Waals surface area contributed by atoms with Crippen LogP contribution < -0.4 is 4.90 Å². The third-order valence-corrected chi connectivity index (χ3v) is 6.43. The second kappa shape index (κ2) is 9.49. The Balaban J connectivity index is 1.47. The van der Waals surface area contributed by atoms with Crippen LogP contribution in [0.4, 0.5) is 5.82 Å². The normalized spacial score (nSPS) is 15.9. The Morgan fingerprint density at radius 1 is 1.06 bits per heavy atom. The largest absolute Gasteiger partial charge is 0.378 e. The van der Waals surface area contributed by atoms with E-state index >= 15 is 0 Å². The Hall–Kier alpha value is -2.96. The molecule has 0 unspecified atom stereocenters. The Bertz CT molecular complexity index is 1180. The average Bonchev–Trinajstić information content (AvgIpc) is 2.83. The number of aryl methyl sites for hydroxylation is 1. The highest BCUT2D eigenvalue weighted by Crippen LogP contribution is 2.29. The third-order valence-electron chi connectivity index (χ3n) is 6.20. The molecular weight excluding hydrogens is 436 g/mol. The van der Waals surface area contributed by atoms with E-state index in [4.69, 9.17) is 26.3 Å². The summed E-state index contributed by atoms with van der Waals surface area (Å²) in [5, 5.41) is 0.566. The lowest BCUT2D eigenvalue weighted by Gasteiger charge is -2.34. The van der Waals surface area contributed by atoms with E-state index in [9.17, 15) is 4.79 Å². The van der Waals surface area contributed by atoms with Gasteiger partial charge >= 0.3 is 0 Å². The van der Waals surface area contributed by atoms with Gasteiger partial charge in [0.2, 0.25) is 0 Å². The molecule has 6 nitrogen and oxygen atoms in total. The van der Waals surface area contributed by atoms with Gasteiger partial charge in [0.15, 0.2) is 0 Å². The number of benzene rings is 2. The molecule has 0 saturated carbocycles. The van der Waals surface area contributed by atoms with Crippen molar-refractivity contribution in [3.05, 3.63) is 87.3 Å². The van der Waals surface area contributed by atoms with E-state index < -0.39 is 0 Å². The first-order valence-corrected chi connectivity index (χ1v) is 11.8. The van der Waals surface area contributed by atoms with Gasteiger partial charge in [-0.05, 0) is 30.7 Å². The molecular formula is C26H27ClN4O2. The molecule has 0 bridgehead atoms. The zero-order valence-electron chi connectivity index (χ0n) is 18.8. The van der Waals surface area contributed by atoms with Crippen LogP contribution >= 0.6 is 11.6 Å². The van der Waals surface area contributed by atoms with Crippen LogP contribution in [0.5, 0.6) is 0 Å². The van der Waals surface area contributed by atoms with Crippen molar-refractivity contribution in [2.75, 3.05) is 37.7 Å². The van der Waals surface area contributed by atoms with Gasteiger partial charge in [-0.15, -0.1) is 0 Å². The van der Waals surface area contributed by atoms with E-state index in [1.165, 1.54) is 11.1 Å². The van der Waals surface area contributed by atoms with Gasteiger partial charge in [0.25, 0.3) is 5.91 Å². The van der Waals surface area contributed by atoms with E-state index in [2.05, 4.69) is 36.1 Å². The molecule has 1 amide bonds. The quantitative estimate of drug-likeness (QED) is 0.585. The minimum absolute atomic E-state index is 0.0140. The van der Waals surface area contributed by atoms with Crippen molar-refractivity contribution in [2.45, 2.75) is 26.3 Å². The lowest BCUT2D eigenvalue weighted by molar-refractivity contribution is 0.0733. The SMILES string of the molecule is Cc1cccc(Cc2nc3c(c(N4CCOCC4)n2)CN(C(=O)c2cccc(Cl)c2)CC3)c1. The van der Waals surface area contributed by atoms with Crippen molar-refractivity contribution in [2.24, 2.45) is 0 Å². The van der Waals surface area contributed by atoms with Crippen LogP contribution in [-0.2, 0) is 24.1 Å². The molecule has 0 radical (unpaired) electrons. The molecule has 0 N–H and O–H groups in total. The van der Waals surface area contributed by atoms with Crippen LogP contribution in [0.1, 0.15) is 38.6 Å². The molecule has 0 atom stereocenters. The molecule has 0 aliphatic carbocycles. The van der Waals surface area contributed by atoms with Gasteiger partial charge in [-0.1, -0.05) is 47.5 Å². The fourth-order valence-corrected chi connectivity index (χ4v) is 4.73. The molecule has 2 aromatic carbocycles. The third kappa shape index (κ3) is 4.87. The maximum absolute atomic E-state index is 13.2. The fourth-order valence-electron chi connectivity index (χ4n) is 4.54. The maximum atomic E-state index is 13.2. The zero-order valence-corrected chi connectivity index (χ0v) is 19.5. The molecule has 7 heteroatoms. The average molecular weight is 463 g/mol. The summed E-state index contributed by atoms with van der Waals surface area (Å²) in [7, 11) is 0. The number of carbonyl (C=O) groups excluding carboxylic acids is 1. The van der Waals surface area contributed by atoms with E-state index in [1.807, 2.05) is 17.0 Å². The van der Waals surface area contributed by atoms with Crippen LogP contribution in [0.15, 0.2) is 48.5 Å². The number of nitrogens with zero attached hydrogens (tertiary/aromatic N) is 4. The molecule has 1 fully saturated rings. The number of carbonyl (C=O) groups is 1. The number of hydrogen-bond acceptors (Lipinski definition) is 5. The number of anilines is 1. The monoisotopic (exact) mass is 462 g/mol. The van der Waals surface area contributed by atoms with Gasteiger partial charge in [-0.25, -0.2) is 9.97 Å². The summed E-state index contributed by atoms with van der Waals surface area (Å²) in [5.41, 5.74) is 5.14. The Morgan fingerprint density at radius 3 is 2.67 bits per heavy atom. The van der Waals surface area contributed by atoms with Gasteiger partial charge < -0.3 is 14.5 Å². The molecule has 1 aromatic heterocycles. The molecule has 170 valence electrons. The molecule has 0 spiro atoms. The molecule has 2 aliphatic rings. The van der Waals surface area contributed by atoms with Crippen LogP contribution in [0.25, 0.3) is 0 Å². The molecule has 5 rings (SSSR count). The predicted molar refractivity (Wildman–Crippen MR) is 129 cm³/mol. The summed E-state index contributed by atoms with van der Waals surface area (Å²) in [5.74, 6) is 1.75. The maximum Gasteiger partial charge on any atom is 0.254 e. The first-order valence-electron chi connectivity index (χ1n) is 11.4. The molecule has 33 heavy (non-hydrogen) atoms. The Labute approximate surface area is 199 Å². The number of hydrogen-bond donors (Lipinski definition) is 0. The lowest BCUT2D eigenvalue weighted by atomic mass is 10.0. The predicted octanol–water partition coefficient (Wildman–Crippen LogP) is 4.06. The van der Waals surface area contributed by atoms with Crippen molar-refractivity contribution >= 4 is 23.3 Å². The minimum Gasteiger partial charge on any atom is -0.378 e. The number of rotatable bonds is 4. The topological polar surface area (TPSA) is 58.6 Å². The van der Waals surface area contributed by atoms with E-state index in [1.54, 1.807) is 12.1 Å². The highest BCUT2D eigenvalue weighted by Gasteiger charge is 2.29. The fraction of sp³-hybridized carbons (Fsp3) is 0.346. The second-order valence-corrected chi connectivity index (χ2v) is 9.08. The van der Waals surface area contributed by atoms with Crippen molar-refractivity contribution in [1.29, 1.82) is 0 Å². The molecule has 1 saturated heterocycles. The highest BCUT2D eigenvalue weighted by molar-refractivity contribution is 6.30. The van der Waals surface area contributed by atoms with Gasteiger partial charge in [0, 0.05) is 48.6 Å². The standard InChI is InChI=1S/C26H27ClN4O2/c1-18-4-2-5-19(14-18)15-24-28-23-8-9-31(26(32)20-6-3-7-21(27)16-20)17-22(23)25(29-24)30-10-12-33-13-11-30/h2-7,14,16H,8-13,15,17H2,1H3. The summed E-state index contributed by atoms with van der Waals surface area (Å²) >= 11 is 6.12. The van der Waals surface area contributed by atoms with Crippen molar-refractivity contribution in [3.63, 3.8) is 0 Å². The summed E-state index contributed by atoms with van der Waals surface area (Å²) in [6.07, 6.45) is 1.40. The Kier molecular flexibility index (Phi) is 6.29. The first kappa shape index (κ1) is 21.9. The van der Waals surface area contributed by atoms with Gasteiger partial charge in [0.05, 0.1) is 25.5 Å². The van der Waals surface area contributed by atoms with Crippen LogP contribution in [-0.4, -0.2) is 53.6 Å². The smallest absolute Gasteiger partial charge is 0.254 e.